The Morgan fingerprint density at radius 2 is 2.06 bits per heavy atom. The number of hydrogen-bond acceptors (Lipinski definition) is 3. The third-order valence-corrected chi connectivity index (χ3v) is 2.61. The monoisotopic (exact) mass is 220 g/mol. The van der Waals surface area contributed by atoms with Crippen LogP contribution in [0.2, 0.25) is 0 Å². The van der Waals surface area contributed by atoms with Gasteiger partial charge in [-0.3, -0.25) is 9.36 Å². The average molecular weight is 220 g/mol. The maximum absolute atomic E-state index is 10.9. The first-order valence-corrected chi connectivity index (χ1v) is 4.77. The molecule has 0 unspecified atom stereocenters. The highest BCUT2D eigenvalue weighted by molar-refractivity contribution is 5.87. The van der Waals surface area contributed by atoms with E-state index in [0.29, 0.717) is 5.69 Å². The van der Waals surface area contributed by atoms with Crippen molar-refractivity contribution in [2.75, 3.05) is 0 Å². The Hall–Kier alpha value is -2.11. The quantitative estimate of drug-likeness (QED) is 0.813. The van der Waals surface area contributed by atoms with Crippen molar-refractivity contribution < 1.29 is 9.90 Å². The predicted molar refractivity (Wildman–Crippen MR) is 57.1 cm³/mol. The number of aromatic nitrogens is 4. The van der Waals surface area contributed by atoms with E-state index in [2.05, 4.69) is 10.2 Å². The fourth-order valence-electron chi connectivity index (χ4n) is 1.55. The van der Waals surface area contributed by atoms with Gasteiger partial charge in [0.1, 0.15) is 5.69 Å². The van der Waals surface area contributed by atoms with Crippen LogP contribution in [0.3, 0.4) is 0 Å². The van der Waals surface area contributed by atoms with Gasteiger partial charge in [0, 0.05) is 25.4 Å². The Morgan fingerprint density at radius 3 is 2.50 bits per heavy atom. The Bertz CT molecular complexity index is 553. The van der Waals surface area contributed by atoms with Crippen LogP contribution in [-0.2, 0) is 14.1 Å². The van der Waals surface area contributed by atoms with Crippen molar-refractivity contribution in [1.29, 1.82) is 0 Å². The summed E-state index contributed by atoms with van der Waals surface area (Å²) in [5.74, 6) is -0.984. The number of aromatic carboxylic acids is 1. The maximum atomic E-state index is 10.9. The van der Waals surface area contributed by atoms with Gasteiger partial charge in [0.2, 0.25) is 0 Å². The number of rotatable bonds is 2. The van der Waals surface area contributed by atoms with E-state index in [4.69, 9.17) is 5.11 Å². The zero-order valence-electron chi connectivity index (χ0n) is 9.30. The first-order chi connectivity index (χ1) is 7.50. The molecule has 84 valence electrons. The molecule has 0 aliphatic rings. The molecule has 0 radical (unpaired) electrons. The molecular weight excluding hydrogens is 208 g/mol. The Balaban J connectivity index is 2.53. The van der Waals surface area contributed by atoms with Crippen LogP contribution in [0, 0.1) is 6.92 Å². The minimum absolute atomic E-state index is 0.165. The molecule has 2 heterocycles. The minimum atomic E-state index is -0.984. The SMILES string of the molecule is Cc1c(-c2cc(C(=O)O)n(C)n2)cnn1C. The van der Waals surface area contributed by atoms with E-state index in [9.17, 15) is 4.79 Å². The molecule has 0 aliphatic heterocycles. The standard InChI is InChI=1S/C10H12N4O2/c1-6-7(5-11-13(6)2)8-4-9(10(15)16)14(3)12-8/h4-5H,1-3H3,(H,15,16). The van der Waals surface area contributed by atoms with Crippen LogP contribution in [0.5, 0.6) is 0 Å². The zero-order valence-corrected chi connectivity index (χ0v) is 9.30. The van der Waals surface area contributed by atoms with Gasteiger partial charge in [0.05, 0.1) is 11.9 Å². The van der Waals surface area contributed by atoms with Gasteiger partial charge in [-0.15, -0.1) is 0 Å². The Morgan fingerprint density at radius 1 is 1.38 bits per heavy atom. The topological polar surface area (TPSA) is 72.9 Å². The van der Waals surface area contributed by atoms with Crippen molar-refractivity contribution in [3.63, 3.8) is 0 Å². The molecule has 0 bridgehead atoms. The van der Waals surface area contributed by atoms with Gasteiger partial charge in [-0.1, -0.05) is 0 Å². The van der Waals surface area contributed by atoms with Crippen LogP contribution in [0.25, 0.3) is 11.3 Å². The summed E-state index contributed by atoms with van der Waals surface area (Å²) in [5, 5.41) is 17.2. The number of aryl methyl sites for hydroxylation is 2. The summed E-state index contributed by atoms with van der Waals surface area (Å²) in [4.78, 5) is 10.9. The molecule has 2 rings (SSSR count). The maximum Gasteiger partial charge on any atom is 0.354 e. The molecule has 2 aromatic heterocycles. The third kappa shape index (κ3) is 1.48. The summed E-state index contributed by atoms with van der Waals surface area (Å²) in [6, 6.07) is 1.55. The van der Waals surface area contributed by atoms with Crippen molar-refractivity contribution in [3.8, 4) is 11.3 Å². The normalized spacial score (nSPS) is 10.7. The highest BCUT2D eigenvalue weighted by Crippen LogP contribution is 2.21. The van der Waals surface area contributed by atoms with Crippen LogP contribution >= 0.6 is 0 Å². The van der Waals surface area contributed by atoms with Crippen molar-refractivity contribution in [3.05, 3.63) is 23.7 Å². The summed E-state index contributed by atoms with van der Waals surface area (Å²) in [7, 11) is 3.44. The van der Waals surface area contributed by atoms with E-state index in [0.717, 1.165) is 11.3 Å². The zero-order chi connectivity index (χ0) is 11.9. The highest BCUT2D eigenvalue weighted by Gasteiger charge is 2.15. The van der Waals surface area contributed by atoms with Gasteiger partial charge in [0.15, 0.2) is 0 Å². The Kier molecular flexibility index (Phi) is 2.26. The molecule has 0 saturated heterocycles. The van der Waals surface area contributed by atoms with E-state index in [1.54, 1.807) is 24.0 Å². The molecule has 6 heteroatoms. The fraction of sp³-hybridized carbons (Fsp3) is 0.300. The summed E-state index contributed by atoms with van der Waals surface area (Å²) in [5.41, 5.74) is 2.60. The average Bonchev–Trinajstić information content (AvgIpc) is 2.73. The number of carboxylic acid groups (broad SMARTS) is 1. The van der Waals surface area contributed by atoms with Gasteiger partial charge in [0.25, 0.3) is 0 Å². The van der Waals surface area contributed by atoms with E-state index in [1.807, 2.05) is 14.0 Å². The van der Waals surface area contributed by atoms with Gasteiger partial charge in [-0.2, -0.15) is 10.2 Å². The van der Waals surface area contributed by atoms with Gasteiger partial charge in [-0.05, 0) is 13.0 Å². The number of carbonyl (C=O) groups is 1. The molecule has 0 aliphatic carbocycles. The molecule has 1 N–H and O–H groups in total. The molecule has 0 amide bonds. The molecule has 6 nitrogen and oxygen atoms in total. The van der Waals surface area contributed by atoms with Crippen molar-refractivity contribution >= 4 is 5.97 Å². The van der Waals surface area contributed by atoms with E-state index in [1.165, 1.54) is 4.68 Å². The lowest BCUT2D eigenvalue weighted by molar-refractivity contribution is 0.0685. The molecule has 0 aromatic carbocycles. The van der Waals surface area contributed by atoms with Crippen molar-refractivity contribution in [2.45, 2.75) is 6.92 Å². The molecule has 2 aromatic rings. The molecule has 16 heavy (non-hydrogen) atoms. The second-order valence-electron chi connectivity index (χ2n) is 3.61. The molecule has 0 spiro atoms. The van der Waals surface area contributed by atoms with Crippen LogP contribution in [0.15, 0.2) is 12.3 Å². The van der Waals surface area contributed by atoms with Crippen LogP contribution in [0.4, 0.5) is 0 Å². The number of hydrogen-bond donors (Lipinski definition) is 1. The van der Waals surface area contributed by atoms with Crippen LogP contribution in [-0.4, -0.2) is 30.6 Å². The fourth-order valence-corrected chi connectivity index (χ4v) is 1.55. The number of carboxylic acids is 1. The van der Waals surface area contributed by atoms with Crippen LogP contribution in [0.1, 0.15) is 16.2 Å². The predicted octanol–water partition coefficient (Wildman–Crippen LogP) is 0.827. The van der Waals surface area contributed by atoms with Gasteiger partial charge < -0.3 is 5.11 Å². The molecule has 0 saturated carbocycles. The minimum Gasteiger partial charge on any atom is -0.477 e. The lowest BCUT2D eigenvalue weighted by Gasteiger charge is -1.95. The summed E-state index contributed by atoms with van der Waals surface area (Å²) < 4.78 is 3.08. The summed E-state index contributed by atoms with van der Waals surface area (Å²) in [6.07, 6.45) is 1.68. The first kappa shape index (κ1) is 10.4. The van der Waals surface area contributed by atoms with E-state index >= 15 is 0 Å². The largest absolute Gasteiger partial charge is 0.477 e. The number of nitrogens with zero attached hydrogens (tertiary/aromatic N) is 4. The van der Waals surface area contributed by atoms with Gasteiger partial charge >= 0.3 is 5.97 Å². The molecular formula is C10H12N4O2. The van der Waals surface area contributed by atoms with E-state index in [-0.39, 0.29) is 5.69 Å². The summed E-state index contributed by atoms with van der Waals surface area (Å²) in [6.45, 7) is 1.91. The second kappa shape index (κ2) is 3.48. The lowest BCUT2D eigenvalue weighted by Crippen LogP contribution is -2.04. The van der Waals surface area contributed by atoms with Crippen molar-refractivity contribution in [1.82, 2.24) is 19.6 Å². The highest BCUT2D eigenvalue weighted by atomic mass is 16.4. The third-order valence-electron chi connectivity index (χ3n) is 2.61. The molecule has 0 fully saturated rings. The first-order valence-electron chi connectivity index (χ1n) is 4.77. The van der Waals surface area contributed by atoms with Crippen molar-refractivity contribution in [2.24, 2.45) is 14.1 Å². The van der Waals surface area contributed by atoms with Gasteiger partial charge in [-0.25, -0.2) is 4.79 Å². The second-order valence-corrected chi connectivity index (χ2v) is 3.61. The Labute approximate surface area is 92.1 Å². The smallest absolute Gasteiger partial charge is 0.354 e. The summed E-state index contributed by atoms with van der Waals surface area (Å²) >= 11 is 0. The van der Waals surface area contributed by atoms with Crippen LogP contribution < -0.4 is 0 Å². The molecule has 0 atom stereocenters. The van der Waals surface area contributed by atoms with E-state index < -0.39 is 5.97 Å². The lowest BCUT2D eigenvalue weighted by atomic mass is 10.2.